The lowest BCUT2D eigenvalue weighted by atomic mass is 10.3. The third kappa shape index (κ3) is 2.19. The van der Waals surface area contributed by atoms with Gasteiger partial charge in [-0.1, -0.05) is 0 Å². The first-order valence-corrected chi connectivity index (χ1v) is 5.56. The molecule has 0 aliphatic rings. The molecule has 0 fully saturated rings. The van der Waals surface area contributed by atoms with Crippen LogP contribution in [0.5, 0.6) is 0 Å². The average molecular weight is 220 g/mol. The van der Waals surface area contributed by atoms with Crippen LogP contribution in [0.1, 0.15) is 24.5 Å². The molecule has 2 rings (SSSR count). The molecular formula is C10H12N4S. The van der Waals surface area contributed by atoms with E-state index in [0.29, 0.717) is 0 Å². The van der Waals surface area contributed by atoms with E-state index in [-0.39, 0.29) is 6.04 Å². The number of hydrogen-bond acceptors (Lipinski definition) is 5. The van der Waals surface area contributed by atoms with Crippen LogP contribution in [-0.4, -0.2) is 15.0 Å². The Morgan fingerprint density at radius 3 is 2.80 bits per heavy atom. The average Bonchev–Trinajstić information content (AvgIpc) is 2.66. The molecule has 2 heterocycles. The smallest absolute Gasteiger partial charge is 0.142 e. The molecule has 1 atom stereocenters. The van der Waals surface area contributed by atoms with E-state index >= 15 is 0 Å². The molecule has 0 aliphatic carbocycles. The number of hydrogen-bond donors (Lipinski definition) is 1. The van der Waals surface area contributed by atoms with E-state index in [0.717, 1.165) is 22.2 Å². The molecule has 15 heavy (non-hydrogen) atoms. The summed E-state index contributed by atoms with van der Waals surface area (Å²) < 4.78 is 0. The van der Waals surface area contributed by atoms with Gasteiger partial charge in [-0.2, -0.15) is 0 Å². The fourth-order valence-corrected chi connectivity index (χ4v) is 2.08. The zero-order chi connectivity index (χ0) is 10.8. The lowest BCUT2D eigenvalue weighted by Crippen LogP contribution is -2.04. The van der Waals surface area contributed by atoms with E-state index in [1.165, 1.54) is 0 Å². The first kappa shape index (κ1) is 10.2. The summed E-state index contributed by atoms with van der Waals surface area (Å²) in [5.74, 6) is 0.755. The van der Waals surface area contributed by atoms with Gasteiger partial charge >= 0.3 is 0 Å². The quantitative estimate of drug-likeness (QED) is 0.839. The van der Waals surface area contributed by atoms with Crippen molar-refractivity contribution in [2.24, 2.45) is 5.73 Å². The van der Waals surface area contributed by atoms with E-state index in [1.54, 1.807) is 17.5 Å². The van der Waals surface area contributed by atoms with Crippen molar-refractivity contribution in [2.45, 2.75) is 19.9 Å². The Hall–Kier alpha value is -1.33. The van der Waals surface area contributed by atoms with Crippen molar-refractivity contribution < 1.29 is 0 Å². The minimum absolute atomic E-state index is 0.0297. The number of aromatic nitrogens is 3. The molecule has 0 amide bonds. The van der Waals surface area contributed by atoms with Gasteiger partial charge < -0.3 is 5.73 Å². The van der Waals surface area contributed by atoms with E-state index in [2.05, 4.69) is 15.0 Å². The van der Waals surface area contributed by atoms with Crippen LogP contribution in [0.2, 0.25) is 0 Å². The normalized spacial score (nSPS) is 12.7. The second kappa shape index (κ2) is 4.04. The first-order chi connectivity index (χ1) is 7.16. The summed E-state index contributed by atoms with van der Waals surface area (Å²) >= 11 is 1.56. The maximum absolute atomic E-state index is 5.75. The topological polar surface area (TPSA) is 64.7 Å². The van der Waals surface area contributed by atoms with Gasteiger partial charge in [0.05, 0.1) is 5.69 Å². The fourth-order valence-electron chi connectivity index (χ4n) is 1.19. The van der Waals surface area contributed by atoms with Crippen molar-refractivity contribution in [3.8, 4) is 10.7 Å². The standard InChI is InChI=1S/C10H12N4S/c1-6(11)9-5-15-10(14-9)8-3-4-12-7(2)13-8/h3-6H,11H2,1-2H3. The van der Waals surface area contributed by atoms with Crippen LogP contribution < -0.4 is 5.73 Å². The van der Waals surface area contributed by atoms with Gasteiger partial charge in [-0.15, -0.1) is 11.3 Å². The molecule has 0 radical (unpaired) electrons. The molecule has 4 nitrogen and oxygen atoms in total. The van der Waals surface area contributed by atoms with Gasteiger partial charge in [0.2, 0.25) is 0 Å². The van der Waals surface area contributed by atoms with Gasteiger partial charge in [0.25, 0.3) is 0 Å². The molecule has 0 spiro atoms. The molecule has 0 saturated heterocycles. The minimum atomic E-state index is -0.0297. The predicted octanol–water partition coefficient (Wildman–Crippen LogP) is 1.93. The number of rotatable bonds is 2. The number of aryl methyl sites for hydroxylation is 1. The van der Waals surface area contributed by atoms with Crippen LogP contribution in [0.4, 0.5) is 0 Å². The summed E-state index contributed by atoms with van der Waals surface area (Å²) in [7, 11) is 0. The maximum Gasteiger partial charge on any atom is 0.142 e. The van der Waals surface area contributed by atoms with Crippen LogP contribution in [0.25, 0.3) is 10.7 Å². The summed E-state index contributed by atoms with van der Waals surface area (Å²) in [6.07, 6.45) is 1.74. The van der Waals surface area contributed by atoms with Gasteiger partial charge in [0.15, 0.2) is 0 Å². The van der Waals surface area contributed by atoms with Crippen LogP contribution in [0.15, 0.2) is 17.6 Å². The Morgan fingerprint density at radius 1 is 1.40 bits per heavy atom. The Balaban J connectivity index is 2.37. The molecule has 0 bridgehead atoms. The van der Waals surface area contributed by atoms with Gasteiger partial charge in [-0.25, -0.2) is 15.0 Å². The van der Waals surface area contributed by atoms with Crippen molar-refractivity contribution >= 4 is 11.3 Å². The second-order valence-corrected chi connectivity index (χ2v) is 4.21. The SMILES string of the molecule is Cc1nccc(-c2nc(C(C)N)cs2)n1. The van der Waals surface area contributed by atoms with Gasteiger partial charge in [-0.3, -0.25) is 0 Å². The van der Waals surface area contributed by atoms with Gasteiger partial charge in [0, 0.05) is 17.6 Å². The molecule has 5 heteroatoms. The van der Waals surface area contributed by atoms with E-state index < -0.39 is 0 Å². The van der Waals surface area contributed by atoms with Gasteiger partial charge in [-0.05, 0) is 19.9 Å². The Bertz CT molecular complexity index is 464. The molecule has 2 N–H and O–H groups in total. The minimum Gasteiger partial charge on any atom is -0.323 e. The molecule has 78 valence electrons. The maximum atomic E-state index is 5.75. The highest BCUT2D eigenvalue weighted by molar-refractivity contribution is 7.13. The van der Waals surface area contributed by atoms with E-state index in [9.17, 15) is 0 Å². The third-order valence-corrected chi connectivity index (χ3v) is 2.87. The van der Waals surface area contributed by atoms with Gasteiger partial charge in [0.1, 0.15) is 16.5 Å². The number of nitrogens with two attached hydrogens (primary N) is 1. The molecule has 0 aromatic carbocycles. The first-order valence-electron chi connectivity index (χ1n) is 4.68. The third-order valence-electron chi connectivity index (χ3n) is 1.98. The molecular weight excluding hydrogens is 208 g/mol. The molecule has 0 saturated carbocycles. The Kier molecular flexibility index (Phi) is 2.75. The highest BCUT2D eigenvalue weighted by atomic mass is 32.1. The predicted molar refractivity (Wildman–Crippen MR) is 60.5 cm³/mol. The van der Waals surface area contributed by atoms with Crippen molar-refractivity contribution in [3.63, 3.8) is 0 Å². The largest absolute Gasteiger partial charge is 0.323 e. The van der Waals surface area contributed by atoms with Crippen LogP contribution in [0.3, 0.4) is 0 Å². The summed E-state index contributed by atoms with van der Waals surface area (Å²) in [5.41, 5.74) is 7.52. The lowest BCUT2D eigenvalue weighted by molar-refractivity contribution is 0.790. The number of thiazole rings is 1. The molecule has 0 aliphatic heterocycles. The van der Waals surface area contributed by atoms with Crippen molar-refractivity contribution in [2.75, 3.05) is 0 Å². The summed E-state index contributed by atoms with van der Waals surface area (Å²) in [6, 6.07) is 1.83. The highest BCUT2D eigenvalue weighted by Crippen LogP contribution is 2.23. The lowest BCUT2D eigenvalue weighted by Gasteiger charge is -1.98. The summed E-state index contributed by atoms with van der Waals surface area (Å²) in [5, 5.41) is 2.87. The summed E-state index contributed by atoms with van der Waals surface area (Å²) in [6.45, 7) is 3.79. The fraction of sp³-hybridized carbons (Fsp3) is 0.300. The van der Waals surface area contributed by atoms with Crippen LogP contribution in [-0.2, 0) is 0 Å². The second-order valence-electron chi connectivity index (χ2n) is 3.36. The van der Waals surface area contributed by atoms with Crippen molar-refractivity contribution in [1.82, 2.24) is 15.0 Å². The summed E-state index contributed by atoms with van der Waals surface area (Å²) in [4.78, 5) is 12.8. The zero-order valence-electron chi connectivity index (χ0n) is 8.64. The molecule has 2 aromatic rings. The van der Waals surface area contributed by atoms with Crippen molar-refractivity contribution in [3.05, 3.63) is 29.2 Å². The Morgan fingerprint density at radius 2 is 2.20 bits per heavy atom. The molecule has 1 unspecified atom stereocenters. The monoisotopic (exact) mass is 220 g/mol. The number of nitrogens with zero attached hydrogens (tertiary/aromatic N) is 3. The van der Waals surface area contributed by atoms with E-state index in [4.69, 9.17) is 5.73 Å². The van der Waals surface area contributed by atoms with Crippen LogP contribution in [0, 0.1) is 6.92 Å². The van der Waals surface area contributed by atoms with E-state index in [1.807, 2.05) is 25.3 Å². The van der Waals surface area contributed by atoms with Crippen molar-refractivity contribution in [1.29, 1.82) is 0 Å². The highest BCUT2D eigenvalue weighted by Gasteiger charge is 2.08. The zero-order valence-corrected chi connectivity index (χ0v) is 9.45. The molecule has 2 aromatic heterocycles. The Labute approximate surface area is 92.2 Å². The van der Waals surface area contributed by atoms with Crippen LogP contribution >= 0.6 is 11.3 Å².